The Labute approximate surface area is 101 Å². The Bertz CT molecular complexity index is 364. The molecular weight excluding hydrogens is 222 g/mol. The first-order valence-electron chi connectivity index (χ1n) is 5.57. The van der Waals surface area contributed by atoms with E-state index in [9.17, 15) is 0 Å². The minimum Gasteiger partial charge on any atom is -0.488 e. The van der Waals surface area contributed by atoms with Crippen LogP contribution >= 0.6 is 11.8 Å². The van der Waals surface area contributed by atoms with Crippen LogP contribution in [0.5, 0.6) is 11.6 Å². The maximum atomic E-state index is 5.77. The molecule has 2 rings (SSSR count). The van der Waals surface area contributed by atoms with Gasteiger partial charge in [-0.15, -0.1) is 11.8 Å². The molecule has 0 radical (unpaired) electrons. The summed E-state index contributed by atoms with van der Waals surface area (Å²) in [6.07, 6.45) is 4.89. The first-order valence-corrected chi connectivity index (χ1v) is 6.80. The van der Waals surface area contributed by atoms with E-state index in [1.165, 1.54) is 0 Å². The number of aromatic nitrogens is 1. The second-order valence-electron chi connectivity index (χ2n) is 4.14. The smallest absolute Gasteiger partial charge is 0.214 e. The topological polar surface area (TPSA) is 31.4 Å². The van der Waals surface area contributed by atoms with Crippen molar-refractivity contribution in [3.05, 3.63) is 12.1 Å². The number of thioether (sulfide) groups is 1. The zero-order valence-electron chi connectivity index (χ0n) is 9.90. The first-order chi connectivity index (χ1) is 7.69. The Morgan fingerprint density at radius 2 is 2.12 bits per heavy atom. The highest BCUT2D eigenvalue weighted by Gasteiger charge is 2.25. The number of nitrogens with zero attached hydrogens (tertiary/aromatic N) is 1. The monoisotopic (exact) mass is 239 g/mol. The van der Waals surface area contributed by atoms with Gasteiger partial charge in [0.2, 0.25) is 5.88 Å². The molecule has 0 aromatic carbocycles. The minimum absolute atomic E-state index is 0.150. The molecule has 0 saturated heterocycles. The van der Waals surface area contributed by atoms with Crippen LogP contribution in [0.1, 0.15) is 26.7 Å². The van der Waals surface area contributed by atoms with Crippen molar-refractivity contribution in [1.82, 2.24) is 4.98 Å². The Morgan fingerprint density at radius 3 is 2.69 bits per heavy atom. The van der Waals surface area contributed by atoms with E-state index in [1.54, 1.807) is 11.8 Å². The fraction of sp³-hybridized carbons (Fsp3) is 0.583. The summed E-state index contributed by atoms with van der Waals surface area (Å²) in [6, 6.07) is 3.83. The van der Waals surface area contributed by atoms with Gasteiger partial charge in [0.05, 0.1) is 12.2 Å². The lowest BCUT2D eigenvalue weighted by atomic mass is 10.4. The molecule has 1 fully saturated rings. The van der Waals surface area contributed by atoms with E-state index in [-0.39, 0.29) is 6.10 Å². The van der Waals surface area contributed by atoms with Gasteiger partial charge < -0.3 is 9.47 Å². The predicted molar refractivity (Wildman–Crippen MR) is 65.4 cm³/mol. The van der Waals surface area contributed by atoms with E-state index in [2.05, 4.69) is 4.98 Å². The second kappa shape index (κ2) is 4.95. The minimum atomic E-state index is 0.150. The van der Waals surface area contributed by atoms with Crippen molar-refractivity contribution in [2.24, 2.45) is 0 Å². The van der Waals surface area contributed by atoms with Crippen molar-refractivity contribution in [2.75, 3.05) is 6.26 Å². The summed E-state index contributed by atoms with van der Waals surface area (Å²) in [5, 5.41) is 0.907. The number of pyridine rings is 1. The maximum absolute atomic E-state index is 5.77. The lowest BCUT2D eigenvalue weighted by molar-refractivity contribution is 0.228. The van der Waals surface area contributed by atoms with Gasteiger partial charge in [-0.25, -0.2) is 4.98 Å². The molecule has 1 heterocycles. The van der Waals surface area contributed by atoms with Gasteiger partial charge in [-0.3, -0.25) is 0 Å². The quantitative estimate of drug-likeness (QED) is 0.739. The summed E-state index contributed by atoms with van der Waals surface area (Å²) >= 11 is 1.59. The third-order valence-electron chi connectivity index (χ3n) is 2.17. The average molecular weight is 239 g/mol. The lowest BCUT2D eigenvalue weighted by Gasteiger charge is -2.12. The molecule has 0 bridgehead atoms. The van der Waals surface area contributed by atoms with Crippen LogP contribution in [0.4, 0.5) is 0 Å². The van der Waals surface area contributed by atoms with Gasteiger partial charge in [0.25, 0.3) is 0 Å². The van der Waals surface area contributed by atoms with E-state index >= 15 is 0 Å². The summed E-state index contributed by atoms with van der Waals surface area (Å²) in [4.78, 5) is 4.43. The summed E-state index contributed by atoms with van der Waals surface area (Å²) in [5.74, 6) is 1.55. The molecule has 0 spiro atoms. The van der Waals surface area contributed by atoms with Crippen LogP contribution in [0.2, 0.25) is 0 Å². The van der Waals surface area contributed by atoms with Gasteiger partial charge in [-0.2, -0.15) is 0 Å². The average Bonchev–Trinajstić information content (AvgIpc) is 3.03. The second-order valence-corrected chi connectivity index (χ2v) is 4.94. The number of hydrogen-bond acceptors (Lipinski definition) is 4. The van der Waals surface area contributed by atoms with E-state index < -0.39 is 0 Å². The first kappa shape index (κ1) is 11.6. The number of ether oxygens (including phenoxy) is 2. The molecular formula is C12H17NO2S. The number of hydrogen-bond donors (Lipinski definition) is 0. The maximum Gasteiger partial charge on any atom is 0.214 e. The van der Waals surface area contributed by atoms with Crippen molar-refractivity contribution in [1.29, 1.82) is 0 Å². The van der Waals surface area contributed by atoms with Crippen LogP contribution in [0.15, 0.2) is 17.2 Å². The van der Waals surface area contributed by atoms with Gasteiger partial charge in [0, 0.05) is 6.07 Å². The third kappa shape index (κ3) is 3.04. The van der Waals surface area contributed by atoms with Crippen LogP contribution in [0.25, 0.3) is 0 Å². The van der Waals surface area contributed by atoms with E-state index in [1.807, 2.05) is 32.2 Å². The lowest BCUT2D eigenvalue weighted by Crippen LogP contribution is -2.07. The van der Waals surface area contributed by atoms with E-state index in [0.717, 1.165) is 23.6 Å². The van der Waals surface area contributed by atoms with Crippen LogP contribution in [-0.2, 0) is 0 Å². The predicted octanol–water partition coefficient (Wildman–Crippen LogP) is 3.13. The Hall–Kier alpha value is -0.900. The largest absolute Gasteiger partial charge is 0.488 e. The molecule has 4 heteroatoms. The molecule has 3 nitrogen and oxygen atoms in total. The number of rotatable bonds is 5. The van der Waals surface area contributed by atoms with Gasteiger partial charge in [0.1, 0.15) is 5.03 Å². The highest BCUT2D eigenvalue weighted by Crippen LogP contribution is 2.33. The SMILES string of the molecule is CSc1nc(OC(C)C)ccc1OC1CC1. The van der Waals surface area contributed by atoms with Crippen molar-refractivity contribution < 1.29 is 9.47 Å². The van der Waals surface area contributed by atoms with E-state index in [0.29, 0.717) is 12.0 Å². The van der Waals surface area contributed by atoms with Crippen molar-refractivity contribution in [2.45, 2.75) is 43.9 Å². The Kier molecular flexibility index (Phi) is 3.59. The van der Waals surface area contributed by atoms with Crippen molar-refractivity contribution in [3.63, 3.8) is 0 Å². The highest BCUT2D eigenvalue weighted by molar-refractivity contribution is 7.98. The fourth-order valence-corrected chi connectivity index (χ4v) is 1.82. The highest BCUT2D eigenvalue weighted by atomic mass is 32.2. The molecule has 0 atom stereocenters. The Morgan fingerprint density at radius 1 is 1.38 bits per heavy atom. The van der Waals surface area contributed by atoms with Gasteiger partial charge >= 0.3 is 0 Å². The summed E-state index contributed by atoms with van der Waals surface area (Å²) in [7, 11) is 0. The molecule has 0 N–H and O–H groups in total. The molecule has 1 saturated carbocycles. The van der Waals surface area contributed by atoms with Gasteiger partial charge in [-0.1, -0.05) is 0 Å². The summed E-state index contributed by atoms with van der Waals surface area (Å²) < 4.78 is 11.3. The van der Waals surface area contributed by atoms with Crippen LogP contribution < -0.4 is 9.47 Å². The standard InChI is InChI=1S/C12H17NO2S/c1-8(2)14-11-7-6-10(12(13-11)16-3)15-9-4-5-9/h6-9H,4-5H2,1-3H3. The van der Waals surface area contributed by atoms with Gasteiger partial charge in [-0.05, 0) is 39.0 Å². The third-order valence-corrected chi connectivity index (χ3v) is 2.85. The fourth-order valence-electron chi connectivity index (χ4n) is 1.32. The zero-order chi connectivity index (χ0) is 11.5. The van der Waals surface area contributed by atoms with Gasteiger partial charge in [0.15, 0.2) is 5.75 Å². The molecule has 16 heavy (non-hydrogen) atoms. The Balaban J connectivity index is 2.12. The molecule has 1 aliphatic carbocycles. The normalized spacial score (nSPS) is 15.2. The molecule has 1 aromatic heterocycles. The molecule has 88 valence electrons. The molecule has 0 aliphatic heterocycles. The van der Waals surface area contributed by atoms with Crippen LogP contribution in [0.3, 0.4) is 0 Å². The molecule has 0 unspecified atom stereocenters. The van der Waals surface area contributed by atoms with Crippen molar-refractivity contribution in [3.8, 4) is 11.6 Å². The molecule has 1 aromatic rings. The summed E-state index contributed by atoms with van der Waals surface area (Å²) in [6.45, 7) is 3.99. The van der Waals surface area contributed by atoms with Crippen LogP contribution in [0, 0.1) is 0 Å². The van der Waals surface area contributed by atoms with Crippen molar-refractivity contribution >= 4 is 11.8 Å². The van der Waals surface area contributed by atoms with Crippen LogP contribution in [-0.4, -0.2) is 23.4 Å². The molecule has 0 amide bonds. The zero-order valence-corrected chi connectivity index (χ0v) is 10.7. The summed E-state index contributed by atoms with van der Waals surface area (Å²) in [5.41, 5.74) is 0. The van der Waals surface area contributed by atoms with E-state index in [4.69, 9.17) is 9.47 Å². The molecule has 1 aliphatic rings.